The summed E-state index contributed by atoms with van der Waals surface area (Å²) in [6, 6.07) is 2.23. The molecule has 0 atom stereocenters. The van der Waals surface area contributed by atoms with Crippen LogP contribution in [-0.2, 0) is 0 Å². The molecule has 1 saturated heterocycles. The third-order valence-electron chi connectivity index (χ3n) is 3.17. The van der Waals surface area contributed by atoms with Crippen molar-refractivity contribution in [3.8, 4) is 0 Å². The lowest BCUT2D eigenvalue weighted by molar-refractivity contribution is 0.492. The van der Waals surface area contributed by atoms with E-state index in [9.17, 15) is 0 Å². The number of aromatic nitrogens is 1. The molecule has 1 aliphatic heterocycles. The van der Waals surface area contributed by atoms with E-state index in [4.69, 9.17) is 0 Å². The average molecular weight is 204 g/mol. The first-order chi connectivity index (χ1) is 7.18. The molecule has 2 heteroatoms. The lowest BCUT2D eigenvalue weighted by atomic mass is 10.1. The third kappa shape index (κ3) is 2.09. The van der Waals surface area contributed by atoms with E-state index in [1.807, 2.05) is 0 Å². The zero-order valence-corrected chi connectivity index (χ0v) is 9.71. The van der Waals surface area contributed by atoms with Gasteiger partial charge in [0.1, 0.15) is 0 Å². The van der Waals surface area contributed by atoms with Crippen LogP contribution in [0.25, 0.3) is 5.70 Å². The SMILES string of the molecule is C=C(c1cc(C(C)C)c[nH]1)N1CCCC1. The van der Waals surface area contributed by atoms with Crippen LogP contribution in [-0.4, -0.2) is 23.0 Å². The van der Waals surface area contributed by atoms with E-state index in [-0.39, 0.29) is 0 Å². The highest BCUT2D eigenvalue weighted by atomic mass is 15.2. The van der Waals surface area contributed by atoms with Crippen molar-refractivity contribution in [3.05, 3.63) is 30.1 Å². The number of likely N-dealkylation sites (tertiary alicyclic amines) is 1. The number of hydrogen-bond acceptors (Lipinski definition) is 1. The normalized spacial score (nSPS) is 16.3. The quantitative estimate of drug-likeness (QED) is 0.801. The molecule has 0 spiro atoms. The van der Waals surface area contributed by atoms with Crippen LogP contribution in [0, 0.1) is 0 Å². The Morgan fingerprint density at radius 1 is 1.40 bits per heavy atom. The minimum absolute atomic E-state index is 0.585. The number of rotatable bonds is 3. The molecule has 15 heavy (non-hydrogen) atoms. The van der Waals surface area contributed by atoms with E-state index < -0.39 is 0 Å². The summed E-state index contributed by atoms with van der Waals surface area (Å²) in [5, 5.41) is 0. The summed E-state index contributed by atoms with van der Waals surface area (Å²) in [6.07, 6.45) is 4.70. The standard InChI is InChI=1S/C13H20N2/c1-10(2)12-8-13(14-9-12)11(3)15-6-4-5-7-15/h8-10,14H,3-7H2,1-2H3. The molecule has 0 amide bonds. The van der Waals surface area contributed by atoms with Crippen LogP contribution in [0.15, 0.2) is 18.8 Å². The fraction of sp³-hybridized carbons (Fsp3) is 0.538. The zero-order chi connectivity index (χ0) is 10.8. The Labute approximate surface area is 92.0 Å². The molecule has 82 valence electrons. The van der Waals surface area contributed by atoms with Crippen molar-refractivity contribution in [1.82, 2.24) is 9.88 Å². The predicted molar refractivity (Wildman–Crippen MR) is 64.7 cm³/mol. The second kappa shape index (κ2) is 4.13. The van der Waals surface area contributed by atoms with Crippen LogP contribution in [0.3, 0.4) is 0 Å². The molecular formula is C13H20N2. The van der Waals surface area contributed by atoms with Crippen LogP contribution >= 0.6 is 0 Å². The zero-order valence-electron chi connectivity index (χ0n) is 9.71. The van der Waals surface area contributed by atoms with E-state index in [0.717, 1.165) is 18.8 Å². The summed E-state index contributed by atoms with van der Waals surface area (Å²) in [6.45, 7) is 10.9. The molecule has 0 radical (unpaired) electrons. The summed E-state index contributed by atoms with van der Waals surface area (Å²) in [7, 11) is 0. The van der Waals surface area contributed by atoms with Gasteiger partial charge in [0.25, 0.3) is 0 Å². The van der Waals surface area contributed by atoms with Gasteiger partial charge in [-0.05, 0) is 30.4 Å². The van der Waals surface area contributed by atoms with Crippen molar-refractivity contribution in [2.75, 3.05) is 13.1 Å². The molecule has 2 nitrogen and oxygen atoms in total. The minimum atomic E-state index is 0.585. The maximum atomic E-state index is 4.17. The molecule has 1 aliphatic rings. The largest absolute Gasteiger partial charge is 0.370 e. The fourth-order valence-corrected chi connectivity index (χ4v) is 2.07. The van der Waals surface area contributed by atoms with Crippen molar-refractivity contribution < 1.29 is 0 Å². The molecule has 0 saturated carbocycles. The van der Waals surface area contributed by atoms with E-state index in [0.29, 0.717) is 5.92 Å². The highest BCUT2D eigenvalue weighted by molar-refractivity contribution is 5.59. The van der Waals surface area contributed by atoms with Gasteiger partial charge in [-0.1, -0.05) is 20.4 Å². The predicted octanol–water partition coefficient (Wildman–Crippen LogP) is 3.20. The Hall–Kier alpha value is -1.18. The molecule has 1 fully saturated rings. The molecule has 2 heterocycles. The number of hydrogen-bond donors (Lipinski definition) is 1. The van der Waals surface area contributed by atoms with Crippen LogP contribution in [0.1, 0.15) is 43.9 Å². The summed E-state index contributed by atoms with van der Waals surface area (Å²) < 4.78 is 0. The smallest absolute Gasteiger partial charge is 0.0614 e. The molecule has 0 unspecified atom stereocenters. The van der Waals surface area contributed by atoms with Crippen LogP contribution < -0.4 is 0 Å². The summed E-state index contributed by atoms with van der Waals surface area (Å²) >= 11 is 0. The van der Waals surface area contributed by atoms with Gasteiger partial charge in [-0.3, -0.25) is 0 Å². The topological polar surface area (TPSA) is 19.0 Å². The molecule has 2 rings (SSSR count). The van der Waals surface area contributed by atoms with Crippen molar-refractivity contribution >= 4 is 5.70 Å². The molecule has 1 aromatic rings. The van der Waals surface area contributed by atoms with Gasteiger partial charge in [-0.25, -0.2) is 0 Å². The van der Waals surface area contributed by atoms with Gasteiger partial charge < -0.3 is 9.88 Å². The Kier molecular flexibility index (Phi) is 2.85. The first kappa shape index (κ1) is 10.3. The maximum absolute atomic E-state index is 4.17. The van der Waals surface area contributed by atoms with Gasteiger partial charge in [0.2, 0.25) is 0 Å². The van der Waals surface area contributed by atoms with Gasteiger partial charge >= 0.3 is 0 Å². The van der Waals surface area contributed by atoms with E-state index in [1.165, 1.54) is 24.1 Å². The maximum Gasteiger partial charge on any atom is 0.0614 e. The lowest BCUT2D eigenvalue weighted by Gasteiger charge is -2.19. The van der Waals surface area contributed by atoms with Crippen molar-refractivity contribution in [2.45, 2.75) is 32.6 Å². The van der Waals surface area contributed by atoms with Gasteiger partial charge in [0, 0.05) is 19.3 Å². The highest BCUT2D eigenvalue weighted by Gasteiger charge is 2.15. The van der Waals surface area contributed by atoms with Gasteiger partial charge in [-0.15, -0.1) is 0 Å². The van der Waals surface area contributed by atoms with Crippen molar-refractivity contribution in [2.24, 2.45) is 0 Å². The molecular weight excluding hydrogens is 184 g/mol. The van der Waals surface area contributed by atoms with E-state index in [2.05, 4.69) is 42.6 Å². The van der Waals surface area contributed by atoms with Gasteiger partial charge in [-0.2, -0.15) is 0 Å². The third-order valence-corrected chi connectivity index (χ3v) is 3.17. The van der Waals surface area contributed by atoms with Crippen LogP contribution in [0.5, 0.6) is 0 Å². The van der Waals surface area contributed by atoms with Gasteiger partial charge in [0.05, 0.1) is 11.4 Å². The lowest BCUT2D eigenvalue weighted by Crippen LogP contribution is -2.16. The minimum Gasteiger partial charge on any atom is -0.370 e. The summed E-state index contributed by atoms with van der Waals surface area (Å²) in [5.41, 5.74) is 3.70. The Balaban J connectivity index is 2.11. The van der Waals surface area contributed by atoms with E-state index in [1.54, 1.807) is 0 Å². The number of H-pyrrole nitrogens is 1. The summed E-state index contributed by atoms with van der Waals surface area (Å²) in [4.78, 5) is 5.69. The Bertz CT molecular complexity index is 343. The fourth-order valence-electron chi connectivity index (χ4n) is 2.07. The van der Waals surface area contributed by atoms with Gasteiger partial charge in [0.15, 0.2) is 0 Å². The first-order valence-corrected chi connectivity index (χ1v) is 5.81. The Morgan fingerprint density at radius 2 is 2.07 bits per heavy atom. The molecule has 0 bridgehead atoms. The highest BCUT2D eigenvalue weighted by Crippen LogP contribution is 2.24. The van der Waals surface area contributed by atoms with Crippen molar-refractivity contribution in [3.63, 3.8) is 0 Å². The second-order valence-electron chi connectivity index (χ2n) is 4.64. The molecule has 0 aromatic carbocycles. The number of nitrogens with zero attached hydrogens (tertiary/aromatic N) is 1. The van der Waals surface area contributed by atoms with Crippen LogP contribution in [0.4, 0.5) is 0 Å². The Morgan fingerprint density at radius 3 is 2.60 bits per heavy atom. The van der Waals surface area contributed by atoms with Crippen molar-refractivity contribution in [1.29, 1.82) is 0 Å². The van der Waals surface area contributed by atoms with E-state index >= 15 is 0 Å². The summed E-state index contributed by atoms with van der Waals surface area (Å²) in [5.74, 6) is 0.585. The average Bonchev–Trinajstić information content (AvgIpc) is 2.88. The number of nitrogens with one attached hydrogen (secondary N) is 1. The number of aromatic amines is 1. The monoisotopic (exact) mass is 204 g/mol. The van der Waals surface area contributed by atoms with Crippen LogP contribution in [0.2, 0.25) is 0 Å². The first-order valence-electron chi connectivity index (χ1n) is 5.81. The second-order valence-corrected chi connectivity index (χ2v) is 4.64. The molecule has 0 aliphatic carbocycles. The molecule has 1 N–H and O–H groups in total. The molecule has 1 aromatic heterocycles.